The number of hydrogen-bond acceptors (Lipinski definition) is 5. The van der Waals surface area contributed by atoms with Crippen molar-refractivity contribution < 1.29 is 29.7 Å². The van der Waals surface area contributed by atoms with E-state index in [1.807, 2.05) is 0 Å². The van der Waals surface area contributed by atoms with Gasteiger partial charge < -0.3 is 20.6 Å². The van der Waals surface area contributed by atoms with Gasteiger partial charge in [-0.3, -0.25) is 9.59 Å². The SMILES string of the molecule is Cc1ccc2c(c1C(O)C(O)C(=O)O)C(=O)C(=O)N2. The lowest BCUT2D eigenvalue weighted by atomic mass is 9.92. The molecule has 1 aromatic carbocycles. The summed E-state index contributed by atoms with van der Waals surface area (Å²) >= 11 is 0. The third-order valence-electron chi connectivity index (χ3n) is 2.99. The first kappa shape index (κ1) is 13.2. The number of aliphatic carboxylic acids is 1. The maximum absolute atomic E-state index is 11.7. The lowest BCUT2D eigenvalue weighted by Crippen LogP contribution is -2.29. The number of nitrogens with one attached hydrogen (secondary N) is 1. The van der Waals surface area contributed by atoms with Crippen molar-refractivity contribution in [3.05, 3.63) is 28.8 Å². The van der Waals surface area contributed by atoms with Gasteiger partial charge in [0.05, 0.1) is 11.3 Å². The average Bonchev–Trinajstić information content (AvgIpc) is 2.64. The average molecular weight is 265 g/mol. The van der Waals surface area contributed by atoms with Gasteiger partial charge >= 0.3 is 5.97 Å². The van der Waals surface area contributed by atoms with E-state index in [2.05, 4.69) is 5.32 Å². The highest BCUT2D eigenvalue weighted by Gasteiger charge is 2.36. The van der Waals surface area contributed by atoms with Crippen molar-refractivity contribution in [2.24, 2.45) is 0 Å². The minimum Gasteiger partial charge on any atom is -0.479 e. The molecule has 4 N–H and O–H groups in total. The number of hydrogen-bond donors (Lipinski definition) is 4. The van der Waals surface area contributed by atoms with Crippen LogP contribution in [0.3, 0.4) is 0 Å². The third kappa shape index (κ3) is 1.98. The summed E-state index contributed by atoms with van der Waals surface area (Å²) in [6.45, 7) is 1.55. The Morgan fingerprint density at radius 1 is 1.26 bits per heavy atom. The van der Waals surface area contributed by atoms with Crippen LogP contribution in [0.5, 0.6) is 0 Å². The van der Waals surface area contributed by atoms with Gasteiger partial charge in [0, 0.05) is 5.56 Å². The summed E-state index contributed by atoms with van der Waals surface area (Å²) in [5, 5.41) is 30.3. The Bertz CT molecular complexity index is 594. The largest absolute Gasteiger partial charge is 0.479 e. The van der Waals surface area contributed by atoms with Crippen molar-refractivity contribution in [2.75, 3.05) is 5.32 Å². The molecule has 0 saturated carbocycles. The molecule has 1 aliphatic heterocycles. The minimum absolute atomic E-state index is 0.0456. The number of Topliss-reactive ketones (excluding diaryl/α,β-unsaturated/α-hetero) is 1. The van der Waals surface area contributed by atoms with Gasteiger partial charge in [0.2, 0.25) is 0 Å². The van der Waals surface area contributed by atoms with Crippen molar-refractivity contribution in [2.45, 2.75) is 19.1 Å². The minimum atomic E-state index is -2.08. The molecule has 2 rings (SSSR count). The van der Waals surface area contributed by atoms with Crippen LogP contribution in [0.4, 0.5) is 5.69 Å². The summed E-state index contributed by atoms with van der Waals surface area (Å²) in [6, 6.07) is 3.00. The quantitative estimate of drug-likeness (QED) is 0.552. The number of carboxylic acids is 1. The van der Waals surface area contributed by atoms with Crippen LogP contribution in [-0.4, -0.2) is 39.1 Å². The van der Waals surface area contributed by atoms with E-state index in [4.69, 9.17) is 5.11 Å². The van der Waals surface area contributed by atoms with E-state index in [1.54, 1.807) is 6.92 Å². The zero-order valence-electron chi connectivity index (χ0n) is 9.88. The van der Waals surface area contributed by atoms with Crippen LogP contribution in [0.2, 0.25) is 0 Å². The summed E-state index contributed by atoms with van der Waals surface area (Å²) in [4.78, 5) is 33.7. The zero-order valence-corrected chi connectivity index (χ0v) is 9.88. The number of rotatable bonds is 3. The Kier molecular flexibility index (Phi) is 3.09. The van der Waals surface area contributed by atoms with Crippen LogP contribution in [-0.2, 0) is 9.59 Å². The van der Waals surface area contributed by atoms with Crippen LogP contribution in [0.15, 0.2) is 12.1 Å². The summed E-state index contributed by atoms with van der Waals surface area (Å²) in [5.74, 6) is -3.32. The molecule has 2 atom stereocenters. The van der Waals surface area contributed by atoms with Gasteiger partial charge in [-0.05, 0) is 18.6 Å². The number of amides is 1. The number of aliphatic hydroxyl groups excluding tert-OH is 2. The molecule has 7 nitrogen and oxygen atoms in total. The number of benzene rings is 1. The lowest BCUT2D eigenvalue weighted by molar-refractivity contribution is -0.153. The summed E-state index contributed by atoms with van der Waals surface area (Å²) in [6.07, 6.45) is -3.86. The number of aryl methyl sites for hydroxylation is 1. The van der Waals surface area contributed by atoms with Crippen molar-refractivity contribution in [1.29, 1.82) is 0 Å². The van der Waals surface area contributed by atoms with Crippen LogP contribution in [0.1, 0.15) is 27.6 Å². The molecule has 1 aliphatic rings. The van der Waals surface area contributed by atoms with E-state index < -0.39 is 29.9 Å². The standard InChI is InChI=1S/C12H11NO6/c1-4-2-3-5-7(9(15)11(17)13-5)6(4)8(14)10(16)12(18)19/h2-3,8,10,14,16H,1H3,(H,18,19)(H,13,15,17). The number of anilines is 1. The van der Waals surface area contributed by atoms with Crippen LogP contribution < -0.4 is 5.32 Å². The molecule has 1 heterocycles. The lowest BCUT2D eigenvalue weighted by Gasteiger charge is -2.19. The predicted octanol–water partition coefficient (Wildman–Crippen LogP) is -0.391. The molecule has 0 saturated heterocycles. The Labute approximate surface area is 107 Å². The van der Waals surface area contributed by atoms with Crippen LogP contribution in [0, 0.1) is 6.92 Å². The van der Waals surface area contributed by atoms with E-state index in [9.17, 15) is 24.6 Å². The second-order valence-corrected chi connectivity index (χ2v) is 4.23. The molecule has 0 aliphatic carbocycles. The van der Waals surface area contributed by atoms with Crippen LogP contribution in [0.25, 0.3) is 0 Å². The molecule has 7 heteroatoms. The molecule has 1 amide bonds. The molecule has 0 radical (unpaired) electrons. The molecular weight excluding hydrogens is 254 g/mol. The maximum Gasteiger partial charge on any atom is 0.335 e. The number of aliphatic hydroxyl groups is 2. The van der Waals surface area contributed by atoms with Gasteiger partial charge in [0.1, 0.15) is 6.10 Å². The van der Waals surface area contributed by atoms with Gasteiger partial charge in [-0.1, -0.05) is 6.07 Å². The fraction of sp³-hybridized carbons (Fsp3) is 0.250. The van der Waals surface area contributed by atoms with E-state index in [-0.39, 0.29) is 16.8 Å². The molecule has 100 valence electrons. The number of carboxylic acid groups (broad SMARTS) is 1. The van der Waals surface area contributed by atoms with Gasteiger partial charge in [0.15, 0.2) is 6.10 Å². The number of fused-ring (bicyclic) bond motifs is 1. The van der Waals surface area contributed by atoms with Gasteiger partial charge in [0.25, 0.3) is 11.7 Å². The smallest absolute Gasteiger partial charge is 0.335 e. The summed E-state index contributed by atoms with van der Waals surface area (Å²) < 4.78 is 0. The van der Waals surface area contributed by atoms with Crippen molar-refractivity contribution in [3.63, 3.8) is 0 Å². The molecule has 1 aromatic rings. The zero-order chi connectivity index (χ0) is 14.3. The monoisotopic (exact) mass is 265 g/mol. The fourth-order valence-corrected chi connectivity index (χ4v) is 2.04. The molecular formula is C12H11NO6. The molecule has 2 unspecified atom stereocenters. The summed E-state index contributed by atoms with van der Waals surface area (Å²) in [5.41, 5.74) is 0.484. The molecule has 0 aromatic heterocycles. The maximum atomic E-state index is 11.7. The Morgan fingerprint density at radius 3 is 2.47 bits per heavy atom. The van der Waals surface area contributed by atoms with E-state index in [1.165, 1.54) is 12.1 Å². The van der Waals surface area contributed by atoms with Gasteiger partial charge in [-0.2, -0.15) is 0 Å². The highest BCUT2D eigenvalue weighted by molar-refractivity contribution is 6.52. The predicted molar refractivity (Wildman–Crippen MR) is 62.7 cm³/mol. The highest BCUT2D eigenvalue weighted by Crippen LogP contribution is 2.34. The molecule has 19 heavy (non-hydrogen) atoms. The number of carbonyl (C=O) groups excluding carboxylic acids is 2. The molecule has 0 fully saturated rings. The van der Waals surface area contributed by atoms with Gasteiger partial charge in [-0.25, -0.2) is 4.79 Å². The second-order valence-electron chi connectivity index (χ2n) is 4.23. The van der Waals surface area contributed by atoms with E-state index in [0.717, 1.165) is 0 Å². The number of carbonyl (C=O) groups is 3. The Morgan fingerprint density at radius 2 is 1.89 bits per heavy atom. The number of ketones is 1. The molecule has 0 spiro atoms. The fourth-order valence-electron chi connectivity index (χ4n) is 2.04. The van der Waals surface area contributed by atoms with E-state index >= 15 is 0 Å². The van der Waals surface area contributed by atoms with Crippen molar-refractivity contribution in [1.82, 2.24) is 0 Å². The van der Waals surface area contributed by atoms with Crippen molar-refractivity contribution >= 4 is 23.3 Å². The topological polar surface area (TPSA) is 124 Å². The Hall–Kier alpha value is -2.25. The van der Waals surface area contributed by atoms with Crippen molar-refractivity contribution in [3.8, 4) is 0 Å². The summed E-state index contributed by atoms with van der Waals surface area (Å²) in [7, 11) is 0. The molecule has 0 bridgehead atoms. The van der Waals surface area contributed by atoms with Gasteiger partial charge in [-0.15, -0.1) is 0 Å². The van der Waals surface area contributed by atoms with E-state index in [0.29, 0.717) is 5.56 Å². The Balaban J connectivity index is 2.59. The normalized spacial score (nSPS) is 16.8. The van der Waals surface area contributed by atoms with Crippen LogP contribution >= 0.6 is 0 Å². The second kappa shape index (κ2) is 4.45. The third-order valence-corrected chi connectivity index (χ3v) is 2.99. The highest BCUT2D eigenvalue weighted by atomic mass is 16.4. The first-order valence-electron chi connectivity index (χ1n) is 5.42. The first-order chi connectivity index (χ1) is 8.84. The first-order valence-corrected chi connectivity index (χ1v) is 5.42.